The van der Waals surface area contributed by atoms with E-state index in [4.69, 9.17) is 9.97 Å². The second-order valence-electron chi connectivity index (χ2n) is 26.0. The fourth-order valence-corrected chi connectivity index (χ4v) is 16.4. The minimum absolute atomic E-state index is 0.953. The van der Waals surface area contributed by atoms with Gasteiger partial charge in [0.2, 0.25) is 0 Å². The molecule has 0 amide bonds. The molecule has 98 heavy (non-hydrogen) atoms. The van der Waals surface area contributed by atoms with Crippen LogP contribution < -0.4 is 0 Å². The third-order valence-electron chi connectivity index (χ3n) is 20.7. The molecule has 0 fully saturated rings. The van der Waals surface area contributed by atoms with Crippen molar-refractivity contribution >= 4 is 131 Å². The number of benzene rings is 15. The van der Waals surface area contributed by atoms with Crippen molar-refractivity contribution in [3.8, 4) is 67.5 Å². The third-order valence-corrected chi connectivity index (χ3v) is 20.7. The molecule has 21 aromatic rings. The molecule has 0 atom stereocenters. The highest BCUT2D eigenvalue weighted by molar-refractivity contribution is 6.19. The van der Waals surface area contributed by atoms with Gasteiger partial charge in [0.1, 0.15) is 0 Å². The van der Waals surface area contributed by atoms with Gasteiger partial charge in [-0.3, -0.25) is 0 Å². The fourth-order valence-electron chi connectivity index (χ4n) is 16.4. The van der Waals surface area contributed by atoms with E-state index in [-0.39, 0.29) is 0 Å². The molecule has 0 saturated heterocycles. The van der Waals surface area contributed by atoms with Crippen LogP contribution in [0.5, 0.6) is 0 Å². The Balaban J connectivity index is 0.701. The van der Waals surface area contributed by atoms with Crippen molar-refractivity contribution in [1.82, 2.24) is 28.2 Å². The summed E-state index contributed by atoms with van der Waals surface area (Å²) in [7, 11) is 0. The van der Waals surface area contributed by atoms with Gasteiger partial charge >= 0.3 is 0 Å². The molecule has 0 bridgehead atoms. The van der Waals surface area contributed by atoms with Crippen molar-refractivity contribution in [2.75, 3.05) is 0 Å². The van der Waals surface area contributed by atoms with Gasteiger partial charge in [-0.15, -0.1) is 0 Å². The van der Waals surface area contributed by atoms with Crippen LogP contribution in [0.25, 0.3) is 198 Å². The SMILES string of the molecule is c1ccc(-n2c3ccccc3c3c(-c4cccc(-n5c6ccccc6c6cc(-c7nc8ccccc8c8cc(-c9ccc%10c(c9)c9ccccc9n%10-c9cc(-c%10nc%11ccccc%11c%11ccccc%10%11)cc(-n%10c%11ccccc%11c%11ccccc%11%10)c9)ccc78)ccc65)c4)cccc32)cc1. The maximum absolute atomic E-state index is 5.54. The summed E-state index contributed by atoms with van der Waals surface area (Å²) in [5, 5.41) is 16.5. The first-order valence-corrected chi connectivity index (χ1v) is 33.6. The van der Waals surface area contributed by atoms with E-state index in [1.807, 2.05) is 0 Å². The third kappa shape index (κ3) is 8.09. The number of para-hydroxylation sites is 8. The van der Waals surface area contributed by atoms with Crippen molar-refractivity contribution in [3.05, 3.63) is 340 Å². The first kappa shape index (κ1) is 54.3. The van der Waals surface area contributed by atoms with Crippen molar-refractivity contribution < 1.29 is 0 Å². The van der Waals surface area contributed by atoms with Crippen molar-refractivity contribution in [2.45, 2.75) is 0 Å². The van der Waals surface area contributed by atoms with E-state index in [1.165, 1.54) is 70.6 Å². The number of fused-ring (bicyclic) bond motifs is 18. The normalized spacial score (nSPS) is 12.1. The predicted octanol–water partition coefficient (Wildman–Crippen LogP) is 24.1. The van der Waals surface area contributed by atoms with Gasteiger partial charge in [-0.05, 0) is 154 Å². The van der Waals surface area contributed by atoms with Crippen molar-refractivity contribution in [2.24, 2.45) is 0 Å². The van der Waals surface area contributed by atoms with Gasteiger partial charge in [-0.25, -0.2) is 9.97 Å². The average molecular weight is 1250 g/mol. The van der Waals surface area contributed by atoms with Crippen LogP contribution in [-0.2, 0) is 0 Å². The zero-order valence-electron chi connectivity index (χ0n) is 53.0. The van der Waals surface area contributed by atoms with Gasteiger partial charge in [-0.2, -0.15) is 0 Å². The lowest BCUT2D eigenvalue weighted by Gasteiger charge is -2.17. The van der Waals surface area contributed by atoms with Gasteiger partial charge in [0.15, 0.2) is 0 Å². The monoisotopic (exact) mass is 1240 g/mol. The number of rotatable bonds is 8. The van der Waals surface area contributed by atoms with Gasteiger partial charge < -0.3 is 18.3 Å². The smallest absolute Gasteiger partial charge is 0.0789 e. The van der Waals surface area contributed by atoms with Crippen LogP contribution >= 0.6 is 0 Å². The lowest BCUT2D eigenvalue weighted by Crippen LogP contribution is -2.01. The summed E-state index contributed by atoms with van der Waals surface area (Å²) in [6.07, 6.45) is 0. The summed E-state index contributed by atoms with van der Waals surface area (Å²) in [4.78, 5) is 11.1. The van der Waals surface area contributed by atoms with E-state index < -0.39 is 0 Å². The molecule has 6 aromatic heterocycles. The molecule has 6 heterocycles. The average Bonchev–Trinajstić information content (AvgIpc) is 1.63. The summed E-state index contributed by atoms with van der Waals surface area (Å²) in [5.74, 6) is 0. The highest BCUT2D eigenvalue weighted by atomic mass is 15.0. The Morgan fingerprint density at radius 2 is 0.551 bits per heavy atom. The lowest BCUT2D eigenvalue weighted by molar-refractivity contribution is 1.13. The Kier molecular flexibility index (Phi) is 11.7. The highest BCUT2D eigenvalue weighted by Crippen LogP contribution is 2.45. The maximum Gasteiger partial charge on any atom is 0.0789 e. The molecular weight excluding hydrogens is 1190 g/mol. The molecule has 454 valence electrons. The summed E-state index contributed by atoms with van der Waals surface area (Å²) in [6.45, 7) is 0. The van der Waals surface area contributed by atoms with E-state index in [0.717, 1.165) is 127 Å². The molecular formula is C92H56N6. The number of nitrogens with zero attached hydrogens (tertiary/aromatic N) is 6. The molecule has 6 heteroatoms. The van der Waals surface area contributed by atoms with Crippen LogP contribution in [0.2, 0.25) is 0 Å². The minimum Gasteiger partial charge on any atom is -0.309 e. The highest BCUT2D eigenvalue weighted by Gasteiger charge is 2.23. The quantitative estimate of drug-likeness (QED) is 0.142. The van der Waals surface area contributed by atoms with Crippen LogP contribution in [0, 0.1) is 0 Å². The van der Waals surface area contributed by atoms with Gasteiger partial charge in [0.05, 0.1) is 66.6 Å². The van der Waals surface area contributed by atoms with E-state index in [9.17, 15) is 0 Å². The molecule has 0 aliphatic heterocycles. The van der Waals surface area contributed by atoms with Crippen LogP contribution in [0.15, 0.2) is 340 Å². The Bertz CT molecular complexity index is 6890. The Hall–Kier alpha value is -13.2. The zero-order chi connectivity index (χ0) is 64.1. The molecule has 21 rings (SSSR count). The maximum atomic E-state index is 5.54. The largest absolute Gasteiger partial charge is 0.309 e. The second kappa shape index (κ2) is 21.2. The summed E-state index contributed by atoms with van der Waals surface area (Å²) in [6, 6.07) is 124. The first-order chi connectivity index (χ1) is 48.6. The van der Waals surface area contributed by atoms with Crippen molar-refractivity contribution in [1.29, 1.82) is 0 Å². The molecule has 0 saturated carbocycles. The first-order valence-electron chi connectivity index (χ1n) is 33.6. The van der Waals surface area contributed by atoms with Gasteiger partial charge in [-0.1, -0.05) is 218 Å². The van der Waals surface area contributed by atoms with E-state index in [0.29, 0.717) is 0 Å². The topological polar surface area (TPSA) is 45.5 Å². The Morgan fingerprint density at radius 1 is 0.173 bits per heavy atom. The summed E-state index contributed by atoms with van der Waals surface area (Å²) < 4.78 is 9.73. The number of pyridine rings is 2. The van der Waals surface area contributed by atoms with E-state index >= 15 is 0 Å². The second-order valence-corrected chi connectivity index (χ2v) is 26.0. The van der Waals surface area contributed by atoms with Gasteiger partial charge in [0, 0.05) is 98.5 Å². The Labute approximate surface area is 562 Å². The van der Waals surface area contributed by atoms with Crippen LogP contribution in [0.4, 0.5) is 0 Å². The molecule has 0 spiro atoms. The van der Waals surface area contributed by atoms with Crippen LogP contribution in [-0.4, -0.2) is 28.2 Å². The Morgan fingerprint density at radius 3 is 1.16 bits per heavy atom. The van der Waals surface area contributed by atoms with Gasteiger partial charge in [0.25, 0.3) is 0 Å². The molecule has 0 aliphatic rings. The summed E-state index contributed by atoms with van der Waals surface area (Å²) in [5.41, 5.74) is 24.2. The van der Waals surface area contributed by atoms with Crippen LogP contribution in [0.3, 0.4) is 0 Å². The minimum atomic E-state index is 0.953. The van der Waals surface area contributed by atoms with E-state index in [1.54, 1.807) is 0 Å². The van der Waals surface area contributed by atoms with E-state index in [2.05, 4.69) is 358 Å². The molecule has 15 aromatic carbocycles. The molecule has 0 N–H and O–H groups in total. The molecule has 0 unspecified atom stereocenters. The predicted molar refractivity (Wildman–Crippen MR) is 411 cm³/mol. The summed E-state index contributed by atoms with van der Waals surface area (Å²) >= 11 is 0. The molecule has 0 aliphatic carbocycles. The number of aromatic nitrogens is 6. The van der Waals surface area contributed by atoms with Crippen LogP contribution in [0.1, 0.15) is 0 Å². The number of hydrogen-bond acceptors (Lipinski definition) is 2. The molecule has 0 radical (unpaired) electrons. The fraction of sp³-hybridized carbons (Fsp3) is 0. The number of hydrogen-bond donors (Lipinski definition) is 0. The zero-order valence-corrected chi connectivity index (χ0v) is 53.0. The van der Waals surface area contributed by atoms with Crippen molar-refractivity contribution in [3.63, 3.8) is 0 Å². The molecule has 6 nitrogen and oxygen atoms in total. The standard InChI is InChI=1S/C92H56N6/c1-2-23-62(24-3-1)95-86-42-19-12-34-76(86)90-66(35-21-43-89(90)95)59-22-20-25-63(50-59)96-84-40-17-10-32-73(84)79-55-60(46-49-87(79)96)91-75-47-44-57(53-77(75)69-28-7-14-37-81(69)93-91)58-45-48-88-78(54-58)72-31-11-18-41-85(72)98(88)65-52-61(92-74-33-5-4-26-67(74)68-27-6-13-36-80(68)94-92)51-64(56-65)97-82-38-15-8-29-70(82)71-30-9-16-39-83(71)97/h1-56H. The lowest BCUT2D eigenvalue weighted by atomic mass is 9.95.